The zero-order valence-corrected chi connectivity index (χ0v) is 24.1. The van der Waals surface area contributed by atoms with E-state index in [1.807, 2.05) is 0 Å². The number of carbonyl (C=O) groups is 3. The fourth-order valence-corrected chi connectivity index (χ4v) is 6.62. The van der Waals surface area contributed by atoms with Crippen LogP contribution in [0.4, 0.5) is 8.78 Å². The number of amides is 3. The highest BCUT2D eigenvalue weighted by Crippen LogP contribution is 2.47. The van der Waals surface area contributed by atoms with Gasteiger partial charge >= 0.3 is 7.60 Å². The van der Waals surface area contributed by atoms with Crippen LogP contribution in [-0.4, -0.2) is 59.2 Å². The third-order valence-corrected chi connectivity index (χ3v) is 9.11. The van der Waals surface area contributed by atoms with Gasteiger partial charge in [0.05, 0.1) is 41.2 Å². The van der Waals surface area contributed by atoms with Crippen molar-refractivity contribution in [1.82, 2.24) is 14.8 Å². The number of benzene rings is 2. The van der Waals surface area contributed by atoms with Crippen LogP contribution in [0.25, 0.3) is 10.9 Å². The molecule has 0 saturated carbocycles. The fourth-order valence-electron chi connectivity index (χ4n) is 4.83. The van der Waals surface area contributed by atoms with Crippen LogP contribution in [0.1, 0.15) is 36.2 Å². The van der Waals surface area contributed by atoms with Crippen molar-refractivity contribution in [2.45, 2.75) is 45.6 Å². The molecule has 1 aliphatic heterocycles. The Labute approximate surface area is 240 Å². The number of nitrogens with two attached hydrogens (primary N) is 1. The van der Waals surface area contributed by atoms with Crippen LogP contribution in [0, 0.1) is 5.82 Å². The van der Waals surface area contributed by atoms with E-state index in [1.54, 1.807) is 13.8 Å². The van der Waals surface area contributed by atoms with Crippen LogP contribution >= 0.6 is 19.2 Å². The van der Waals surface area contributed by atoms with Crippen LogP contribution in [-0.2, 0) is 36.3 Å². The minimum absolute atomic E-state index is 0.102. The first-order valence-electron chi connectivity index (χ1n) is 13.0. The summed E-state index contributed by atoms with van der Waals surface area (Å²) in [5, 5.41) is 3.06. The van der Waals surface area contributed by atoms with Crippen LogP contribution in [0.3, 0.4) is 0 Å². The smallest absolute Gasteiger partial charge is 0.361 e. The summed E-state index contributed by atoms with van der Waals surface area (Å²) in [7, 11) is -3.70. The summed E-state index contributed by atoms with van der Waals surface area (Å²) in [5.74, 6) is -2.68. The predicted octanol–water partition coefficient (Wildman–Crippen LogP) is 3.68. The summed E-state index contributed by atoms with van der Waals surface area (Å²) >= 11 is 5.79. The summed E-state index contributed by atoms with van der Waals surface area (Å²) in [4.78, 5) is 39.6. The number of rotatable bonds is 11. The van der Waals surface area contributed by atoms with Gasteiger partial charge in [0.25, 0.3) is 5.91 Å². The zero-order chi connectivity index (χ0) is 29.9. The summed E-state index contributed by atoms with van der Waals surface area (Å²) < 4.78 is 54.3. The molecule has 2 atom stereocenters. The monoisotopic (exact) mass is 610 g/mol. The van der Waals surface area contributed by atoms with E-state index >= 15 is 0 Å². The largest absolute Gasteiger partial charge is 0.366 e. The summed E-state index contributed by atoms with van der Waals surface area (Å²) in [6, 6.07) is 7.76. The number of hydrogen-bond donors (Lipinski definition) is 2. The Balaban J connectivity index is 1.60. The number of hydrogen-bond acceptors (Lipinski definition) is 6. The molecule has 1 aliphatic rings. The normalized spacial score (nSPS) is 17.2. The lowest BCUT2D eigenvalue weighted by molar-refractivity contribution is -0.139. The Bertz CT molecular complexity index is 1520. The van der Waals surface area contributed by atoms with Crippen molar-refractivity contribution in [3.05, 3.63) is 64.6 Å². The van der Waals surface area contributed by atoms with E-state index in [2.05, 4.69) is 5.32 Å². The van der Waals surface area contributed by atoms with Gasteiger partial charge in [-0.2, -0.15) is 0 Å². The standard InChI is InChI=1S/C27H30ClF2N4O6P/c1-3-39-41(38,40-4-2)18-8-9-19-20(26(31)36)14-33(22(19)11-18)15-24(35)34-13-17(29)10-23(34)27(37)32-12-16-6-5-7-21(28)25(16)30/h5-9,11,14,17,23H,3-4,10,12-13,15H2,1-2H3,(H2,31,36)(H,32,37)/t17-,23+/m1/s1. The molecule has 1 saturated heterocycles. The number of primary amides is 1. The number of alkyl halides is 1. The highest BCUT2D eigenvalue weighted by atomic mass is 35.5. The number of aromatic nitrogens is 1. The lowest BCUT2D eigenvalue weighted by Gasteiger charge is -2.24. The van der Waals surface area contributed by atoms with Gasteiger partial charge in [0.1, 0.15) is 24.6 Å². The van der Waals surface area contributed by atoms with E-state index in [4.69, 9.17) is 26.4 Å². The first-order chi connectivity index (χ1) is 19.5. The molecule has 0 bridgehead atoms. The number of nitrogens with zero attached hydrogens (tertiary/aromatic N) is 2. The second-order valence-corrected chi connectivity index (χ2v) is 11.8. The second-order valence-electron chi connectivity index (χ2n) is 9.40. The summed E-state index contributed by atoms with van der Waals surface area (Å²) in [6.07, 6.45) is -0.305. The minimum atomic E-state index is -3.70. The molecule has 2 heterocycles. The molecule has 0 spiro atoms. The Morgan fingerprint density at radius 2 is 1.88 bits per heavy atom. The van der Waals surface area contributed by atoms with Gasteiger partial charge in [0.15, 0.2) is 0 Å². The van der Waals surface area contributed by atoms with E-state index in [0.29, 0.717) is 10.9 Å². The van der Waals surface area contributed by atoms with Crippen LogP contribution in [0.5, 0.6) is 0 Å². The third-order valence-electron chi connectivity index (χ3n) is 6.71. The van der Waals surface area contributed by atoms with Crippen LogP contribution < -0.4 is 16.4 Å². The molecule has 2 aromatic carbocycles. The van der Waals surface area contributed by atoms with Crippen molar-refractivity contribution < 1.29 is 36.8 Å². The van der Waals surface area contributed by atoms with Gasteiger partial charge < -0.3 is 29.6 Å². The average molecular weight is 611 g/mol. The molecule has 10 nitrogen and oxygen atoms in total. The average Bonchev–Trinajstić information content (AvgIpc) is 3.50. The molecular formula is C27H30ClF2N4O6P. The van der Waals surface area contributed by atoms with E-state index in [9.17, 15) is 27.7 Å². The van der Waals surface area contributed by atoms with Crippen molar-refractivity contribution >= 4 is 53.1 Å². The van der Waals surface area contributed by atoms with Crippen molar-refractivity contribution in [2.24, 2.45) is 5.73 Å². The van der Waals surface area contributed by atoms with Gasteiger partial charge in [0.2, 0.25) is 11.8 Å². The molecule has 0 radical (unpaired) electrons. The number of likely N-dealkylation sites (tertiary alicyclic amines) is 1. The minimum Gasteiger partial charge on any atom is -0.366 e. The first kappa shape index (κ1) is 30.6. The summed E-state index contributed by atoms with van der Waals surface area (Å²) in [6.45, 7) is 2.68. The molecule has 14 heteroatoms. The number of nitrogens with one attached hydrogen (secondary N) is 1. The van der Waals surface area contributed by atoms with Gasteiger partial charge in [-0.25, -0.2) is 8.78 Å². The highest BCUT2D eigenvalue weighted by Gasteiger charge is 2.40. The molecule has 0 unspecified atom stereocenters. The maximum Gasteiger partial charge on any atom is 0.361 e. The molecule has 0 aliphatic carbocycles. The van der Waals surface area contributed by atoms with Gasteiger partial charge in [-0.15, -0.1) is 0 Å². The van der Waals surface area contributed by atoms with E-state index in [-0.39, 0.29) is 60.7 Å². The Morgan fingerprint density at radius 1 is 1.17 bits per heavy atom. The van der Waals surface area contributed by atoms with Gasteiger partial charge in [-0.05, 0) is 32.0 Å². The Morgan fingerprint density at radius 3 is 2.54 bits per heavy atom. The quantitative estimate of drug-likeness (QED) is 0.318. The maximum absolute atomic E-state index is 14.5. The van der Waals surface area contributed by atoms with Gasteiger partial charge in [-0.1, -0.05) is 29.8 Å². The molecule has 3 N–H and O–H groups in total. The first-order valence-corrected chi connectivity index (χ1v) is 14.9. The highest BCUT2D eigenvalue weighted by molar-refractivity contribution is 7.62. The summed E-state index contributed by atoms with van der Waals surface area (Å²) in [5.41, 5.74) is 6.16. The molecular weight excluding hydrogens is 581 g/mol. The van der Waals surface area contributed by atoms with Crippen molar-refractivity contribution in [3.8, 4) is 0 Å². The SMILES string of the molecule is CCOP(=O)(OCC)c1ccc2c(C(N)=O)cn(CC(=O)N3C[C@H](F)C[C@H]3C(=O)NCc3cccc(Cl)c3F)c2c1. The van der Waals surface area contributed by atoms with Crippen molar-refractivity contribution in [2.75, 3.05) is 19.8 Å². The van der Waals surface area contributed by atoms with E-state index in [0.717, 1.165) is 4.90 Å². The van der Waals surface area contributed by atoms with Gasteiger partial charge in [-0.3, -0.25) is 18.9 Å². The van der Waals surface area contributed by atoms with Crippen molar-refractivity contribution in [1.29, 1.82) is 0 Å². The predicted molar refractivity (Wildman–Crippen MR) is 149 cm³/mol. The zero-order valence-electron chi connectivity index (χ0n) is 22.4. The molecule has 220 valence electrons. The van der Waals surface area contributed by atoms with E-state index in [1.165, 1.54) is 47.2 Å². The van der Waals surface area contributed by atoms with Crippen LogP contribution in [0.2, 0.25) is 5.02 Å². The molecule has 1 aromatic heterocycles. The lowest BCUT2D eigenvalue weighted by atomic mass is 10.1. The van der Waals surface area contributed by atoms with Crippen LogP contribution in [0.15, 0.2) is 42.6 Å². The van der Waals surface area contributed by atoms with E-state index < -0.39 is 43.3 Å². The molecule has 3 aromatic rings. The Kier molecular flexibility index (Phi) is 9.48. The van der Waals surface area contributed by atoms with Crippen molar-refractivity contribution in [3.63, 3.8) is 0 Å². The fraction of sp³-hybridized carbons (Fsp3) is 0.370. The number of halogens is 3. The molecule has 1 fully saturated rings. The number of carbonyl (C=O) groups excluding carboxylic acids is 3. The topological polar surface area (TPSA) is 133 Å². The molecule has 3 amide bonds. The molecule has 41 heavy (non-hydrogen) atoms. The third kappa shape index (κ3) is 6.46. The maximum atomic E-state index is 14.5. The molecule has 4 rings (SSSR count). The second kappa shape index (κ2) is 12.7. The van der Waals surface area contributed by atoms with Gasteiger partial charge in [0, 0.05) is 30.1 Å². The number of fused-ring (bicyclic) bond motifs is 1. The Hall–Kier alpha value is -3.31. The lowest BCUT2D eigenvalue weighted by Crippen LogP contribution is -2.46.